The average Bonchev–Trinajstić information content (AvgIpc) is 2.43. The van der Waals surface area contributed by atoms with Crippen molar-refractivity contribution in [1.82, 2.24) is 9.97 Å². The quantitative estimate of drug-likeness (QED) is 0.876. The van der Waals surface area contributed by atoms with E-state index in [2.05, 4.69) is 15.3 Å². The van der Waals surface area contributed by atoms with Gasteiger partial charge in [-0.2, -0.15) is 4.98 Å². The summed E-state index contributed by atoms with van der Waals surface area (Å²) in [6.45, 7) is 0.439. The molecule has 7 heteroatoms. The fourth-order valence-corrected chi connectivity index (χ4v) is 1.59. The predicted molar refractivity (Wildman–Crippen MR) is 72.0 cm³/mol. The van der Waals surface area contributed by atoms with E-state index in [9.17, 15) is 8.78 Å². The lowest BCUT2D eigenvalue weighted by molar-refractivity contribution is 0.304. The Morgan fingerprint density at radius 1 is 1.25 bits per heavy atom. The number of benzene rings is 1. The molecule has 0 amide bonds. The smallest absolute Gasteiger partial charge is 0.229 e. The number of likely N-dealkylation sites (N-methyl/N-ethyl adjacent to an activating group) is 1. The number of aromatic nitrogens is 2. The fraction of sp³-hybridized carbons (Fsp3) is 0.231. The third-order valence-corrected chi connectivity index (χ3v) is 2.64. The van der Waals surface area contributed by atoms with Gasteiger partial charge in [-0.1, -0.05) is 0 Å². The van der Waals surface area contributed by atoms with Crippen LogP contribution in [0.1, 0.15) is 0 Å². The van der Waals surface area contributed by atoms with Crippen molar-refractivity contribution in [3.63, 3.8) is 0 Å². The molecule has 0 atom stereocenters. The van der Waals surface area contributed by atoms with Crippen LogP contribution in [0.5, 0.6) is 0 Å². The van der Waals surface area contributed by atoms with Gasteiger partial charge < -0.3 is 15.3 Å². The van der Waals surface area contributed by atoms with Crippen LogP contribution in [0.3, 0.4) is 0 Å². The molecule has 0 aliphatic carbocycles. The highest BCUT2D eigenvalue weighted by molar-refractivity contribution is 5.54. The average molecular weight is 280 g/mol. The Morgan fingerprint density at radius 3 is 2.75 bits per heavy atom. The molecule has 0 radical (unpaired) electrons. The molecule has 1 aromatic heterocycles. The molecule has 2 aromatic rings. The molecule has 2 rings (SSSR count). The lowest BCUT2D eigenvalue weighted by Gasteiger charge is -2.17. The second kappa shape index (κ2) is 6.25. The Hall–Kier alpha value is -2.28. The van der Waals surface area contributed by atoms with Gasteiger partial charge in [0.2, 0.25) is 5.95 Å². The number of nitrogens with one attached hydrogen (secondary N) is 1. The third kappa shape index (κ3) is 3.39. The summed E-state index contributed by atoms with van der Waals surface area (Å²) in [6.07, 6.45) is 1.54. The zero-order valence-electron chi connectivity index (χ0n) is 10.8. The van der Waals surface area contributed by atoms with Crippen molar-refractivity contribution in [2.75, 3.05) is 30.4 Å². The maximum Gasteiger partial charge on any atom is 0.229 e. The van der Waals surface area contributed by atoms with Crippen LogP contribution in [0, 0.1) is 11.6 Å². The van der Waals surface area contributed by atoms with E-state index >= 15 is 0 Å². The highest BCUT2D eigenvalue weighted by atomic mass is 19.2. The molecule has 0 aliphatic heterocycles. The van der Waals surface area contributed by atoms with E-state index in [1.165, 1.54) is 6.07 Å². The molecular formula is C13H14F2N4O. The molecule has 0 bridgehead atoms. The van der Waals surface area contributed by atoms with Crippen LogP contribution in [0.25, 0.3) is 0 Å². The minimum Gasteiger partial charge on any atom is -0.395 e. The Kier molecular flexibility index (Phi) is 4.41. The maximum absolute atomic E-state index is 13.1. The number of hydrogen-bond acceptors (Lipinski definition) is 5. The van der Waals surface area contributed by atoms with Crippen LogP contribution < -0.4 is 10.2 Å². The zero-order chi connectivity index (χ0) is 14.5. The van der Waals surface area contributed by atoms with E-state index < -0.39 is 11.6 Å². The standard InChI is InChI=1S/C13H14F2N4O/c1-19(6-7-20)12-4-5-16-13(18-12)17-9-2-3-10(14)11(15)8-9/h2-5,8,20H,6-7H2,1H3,(H,16,17,18). The molecule has 0 saturated heterocycles. The number of aliphatic hydroxyl groups is 1. The summed E-state index contributed by atoms with van der Waals surface area (Å²) in [5.74, 6) is -0.978. The molecule has 0 saturated carbocycles. The first-order chi connectivity index (χ1) is 9.60. The minimum absolute atomic E-state index is 0.00639. The number of aliphatic hydroxyl groups excluding tert-OH is 1. The largest absolute Gasteiger partial charge is 0.395 e. The summed E-state index contributed by atoms with van der Waals surface area (Å²) in [5.41, 5.74) is 0.353. The van der Waals surface area contributed by atoms with Gasteiger partial charge in [0.15, 0.2) is 11.6 Å². The van der Waals surface area contributed by atoms with Crippen LogP contribution in [-0.2, 0) is 0 Å². The number of nitrogens with zero attached hydrogens (tertiary/aromatic N) is 3. The van der Waals surface area contributed by atoms with Crippen molar-refractivity contribution < 1.29 is 13.9 Å². The van der Waals surface area contributed by atoms with E-state index in [4.69, 9.17) is 5.11 Å². The van der Waals surface area contributed by atoms with Gasteiger partial charge in [0.05, 0.1) is 6.61 Å². The Morgan fingerprint density at radius 2 is 2.05 bits per heavy atom. The molecule has 0 unspecified atom stereocenters. The van der Waals surface area contributed by atoms with E-state index in [-0.39, 0.29) is 12.6 Å². The first-order valence-corrected chi connectivity index (χ1v) is 5.97. The third-order valence-electron chi connectivity index (χ3n) is 2.64. The number of halogens is 2. The number of rotatable bonds is 5. The van der Waals surface area contributed by atoms with Crippen LogP contribution in [-0.4, -0.2) is 35.3 Å². The first kappa shape index (κ1) is 14.1. The highest BCUT2D eigenvalue weighted by Gasteiger charge is 2.06. The maximum atomic E-state index is 13.1. The summed E-state index contributed by atoms with van der Waals surface area (Å²) in [4.78, 5) is 9.96. The molecule has 1 heterocycles. The monoisotopic (exact) mass is 280 g/mol. The van der Waals surface area contributed by atoms with Crippen molar-refractivity contribution in [2.45, 2.75) is 0 Å². The molecule has 20 heavy (non-hydrogen) atoms. The van der Waals surface area contributed by atoms with Gasteiger partial charge in [0.1, 0.15) is 5.82 Å². The summed E-state index contributed by atoms with van der Waals surface area (Å²) in [7, 11) is 1.78. The van der Waals surface area contributed by atoms with Crippen LogP contribution in [0.4, 0.5) is 26.2 Å². The van der Waals surface area contributed by atoms with Crippen molar-refractivity contribution in [2.24, 2.45) is 0 Å². The van der Waals surface area contributed by atoms with Gasteiger partial charge in [-0.15, -0.1) is 0 Å². The molecular weight excluding hydrogens is 266 g/mol. The summed E-state index contributed by atoms with van der Waals surface area (Å²) >= 11 is 0. The number of hydrogen-bond donors (Lipinski definition) is 2. The first-order valence-electron chi connectivity index (χ1n) is 5.97. The Labute approximate surface area is 114 Å². The molecule has 0 fully saturated rings. The van der Waals surface area contributed by atoms with Gasteiger partial charge in [0.25, 0.3) is 0 Å². The van der Waals surface area contributed by atoms with E-state index in [1.807, 2.05) is 0 Å². The lowest BCUT2D eigenvalue weighted by Crippen LogP contribution is -2.22. The molecule has 2 N–H and O–H groups in total. The predicted octanol–water partition coefficient (Wildman–Crippen LogP) is 1.93. The highest BCUT2D eigenvalue weighted by Crippen LogP contribution is 2.18. The van der Waals surface area contributed by atoms with E-state index in [0.717, 1.165) is 12.1 Å². The SMILES string of the molecule is CN(CCO)c1ccnc(Nc2ccc(F)c(F)c2)n1. The van der Waals surface area contributed by atoms with Crippen LogP contribution in [0.15, 0.2) is 30.5 Å². The molecule has 0 spiro atoms. The normalized spacial score (nSPS) is 10.4. The second-order valence-electron chi connectivity index (χ2n) is 4.14. The van der Waals surface area contributed by atoms with Crippen LogP contribution >= 0.6 is 0 Å². The van der Waals surface area contributed by atoms with Gasteiger partial charge in [0, 0.05) is 31.5 Å². The van der Waals surface area contributed by atoms with E-state index in [1.54, 1.807) is 24.2 Å². The molecule has 5 nitrogen and oxygen atoms in total. The Balaban J connectivity index is 2.16. The van der Waals surface area contributed by atoms with Crippen molar-refractivity contribution in [3.8, 4) is 0 Å². The van der Waals surface area contributed by atoms with E-state index in [0.29, 0.717) is 18.1 Å². The molecule has 106 valence electrons. The van der Waals surface area contributed by atoms with Crippen LogP contribution in [0.2, 0.25) is 0 Å². The summed E-state index contributed by atoms with van der Waals surface area (Å²) in [5, 5.41) is 11.7. The Bertz CT molecular complexity index is 594. The molecule has 1 aromatic carbocycles. The number of anilines is 3. The lowest BCUT2D eigenvalue weighted by atomic mass is 10.3. The van der Waals surface area contributed by atoms with Crippen molar-refractivity contribution >= 4 is 17.5 Å². The van der Waals surface area contributed by atoms with Gasteiger partial charge in [-0.05, 0) is 18.2 Å². The fourth-order valence-electron chi connectivity index (χ4n) is 1.59. The summed E-state index contributed by atoms with van der Waals surface area (Å²) < 4.78 is 25.9. The summed E-state index contributed by atoms with van der Waals surface area (Å²) in [6, 6.07) is 5.14. The van der Waals surface area contributed by atoms with Gasteiger partial charge >= 0.3 is 0 Å². The zero-order valence-corrected chi connectivity index (χ0v) is 10.8. The molecule has 0 aliphatic rings. The minimum atomic E-state index is -0.941. The van der Waals surface area contributed by atoms with Gasteiger partial charge in [-0.3, -0.25) is 0 Å². The second-order valence-corrected chi connectivity index (χ2v) is 4.14. The van der Waals surface area contributed by atoms with Crippen molar-refractivity contribution in [1.29, 1.82) is 0 Å². The van der Waals surface area contributed by atoms with Gasteiger partial charge in [-0.25, -0.2) is 13.8 Å². The van der Waals surface area contributed by atoms with Crippen molar-refractivity contribution in [3.05, 3.63) is 42.1 Å². The topological polar surface area (TPSA) is 61.3 Å².